The number of piperidine rings is 1. The largest absolute Gasteiger partial charge is 0.330 e. The first-order chi connectivity index (χ1) is 11.3. The summed E-state index contributed by atoms with van der Waals surface area (Å²) in [5, 5.41) is 0. The second-order valence-electron chi connectivity index (χ2n) is 6.63. The Hall–Kier alpha value is -1.45. The first-order valence-corrected chi connectivity index (χ1v) is 9.77. The molecular weight excluding hydrogens is 332 g/mol. The van der Waals surface area contributed by atoms with Crippen LogP contribution in [0.4, 0.5) is 0 Å². The minimum absolute atomic E-state index is 0.327. The van der Waals surface area contributed by atoms with Crippen LogP contribution in [0.3, 0.4) is 0 Å². The summed E-state index contributed by atoms with van der Waals surface area (Å²) in [7, 11) is -1.14. The molecule has 2 saturated heterocycles. The molecule has 2 fully saturated rings. The second-order valence-corrected chi connectivity index (χ2v) is 8.54. The predicted octanol–water partition coefficient (Wildman–Crippen LogP) is -0.667. The van der Waals surface area contributed by atoms with Crippen molar-refractivity contribution < 1.29 is 8.42 Å². The van der Waals surface area contributed by atoms with Gasteiger partial charge >= 0.3 is 5.69 Å². The summed E-state index contributed by atoms with van der Waals surface area (Å²) in [6.45, 7) is 3.02. The van der Waals surface area contributed by atoms with E-state index < -0.39 is 21.3 Å². The second kappa shape index (κ2) is 6.45. The third kappa shape index (κ3) is 2.96. The minimum Gasteiger partial charge on any atom is -0.302 e. The van der Waals surface area contributed by atoms with Gasteiger partial charge < -0.3 is 9.47 Å². The third-order valence-corrected chi connectivity index (χ3v) is 6.99. The summed E-state index contributed by atoms with van der Waals surface area (Å²) in [5.74, 6) is 0. The predicted molar refractivity (Wildman–Crippen MR) is 89.5 cm³/mol. The number of hydrogen-bond donors (Lipinski definition) is 0. The molecule has 0 aromatic carbocycles. The van der Waals surface area contributed by atoms with Crippen LogP contribution >= 0.6 is 0 Å². The SMILES string of the molecule is Cn1cc(S(=O)(=O)N2CCC(N3CCCC3)CC2)c(=O)n(C)c1=O. The van der Waals surface area contributed by atoms with E-state index in [0.717, 1.165) is 41.3 Å². The molecule has 134 valence electrons. The Kier molecular flexibility index (Phi) is 4.67. The van der Waals surface area contributed by atoms with E-state index in [1.165, 1.54) is 31.2 Å². The fraction of sp³-hybridized carbons (Fsp3) is 0.733. The van der Waals surface area contributed by atoms with E-state index in [4.69, 9.17) is 0 Å². The molecular formula is C15H24N4O4S. The maximum atomic E-state index is 12.8. The van der Waals surface area contributed by atoms with Gasteiger partial charge in [-0.1, -0.05) is 0 Å². The Morgan fingerprint density at radius 2 is 1.58 bits per heavy atom. The van der Waals surface area contributed by atoms with Gasteiger partial charge in [0.1, 0.15) is 0 Å². The Morgan fingerprint density at radius 1 is 1.00 bits per heavy atom. The van der Waals surface area contributed by atoms with E-state index in [2.05, 4.69) is 4.90 Å². The molecule has 3 heterocycles. The lowest BCUT2D eigenvalue weighted by Crippen LogP contribution is -2.48. The lowest BCUT2D eigenvalue weighted by molar-refractivity contribution is 0.167. The highest BCUT2D eigenvalue weighted by Gasteiger charge is 2.34. The average molecular weight is 356 g/mol. The lowest BCUT2D eigenvalue weighted by atomic mass is 10.1. The molecule has 0 radical (unpaired) electrons. The monoisotopic (exact) mass is 356 g/mol. The molecule has 3 rings (SSSR count). The van der Waals surface area contributed by atoms with Crippen LogP contribution in [0.15, 0.2) is 20.7 Å². The highest BCUT2D eigenvalue weighted by atomic mass is 32.2. The summed E-state index contributed by atoms with van der Waals surface area (Å²) in [6.07, 6.45) is 5.13. The van der Waals surface area contributed by atoms with Gasteiger partial charge in [0.2, 0.25) is 10.0 Å². The van der Waals surface area contributed by atoms with Crippen LogP contribution in [0.25, 0.3) is 0 Å². The van der Waals surface area contributed by atoms with Gasteiger partial charge in [0.05, 0.1) is 0 Å². The number of rotatable bonds is 3. The average Bonchev–Trinajstić information content (AvgIpc) is 3.10. The van der Waals surface area contributed by atoms with Gasteiger partial charge in [-0.3, -0.25) is 9.36 Å². The normalized spacial score (nSPS) is 21.4. The lowest BCUT2D eigenvalue weighted by Gasteiger charge is -2.35. The molecule has 2 aliphatic rings. The zero-order chi connectivity index (χ0) is 17.5. The van der Waals surface area contributed by atoms with Crippen LogP contribution in [0.2, 0.25) is 0 Å². The van der Waals surface area contributed by atoms with E-state index in [1.54, 1.807) is 0 Å². The fourth-order valence-electron chi connectivity index (χ4n) is 3.65. The zero-order valence-corrected chi connectivity index (χ0v) is 15.0. The number of aromatic nitrogens is 2. The minimum atomic E-state index is -3.88. The van der Waals surface area contributed by atoms with Crippen LogP contribution in [-0.4, -0.2) is 59.0 Å². The van der Waals surface area contributed by atoms with Crippen molar-refractivity contribution in [1.29, 1.82) is 0 Å². The highest BCUT2D eigenvalue weighted by Crippen LogP contribution is 2.24. The molecule has 0 saturated carbocycles. The van der Waals surface area contributed by atoms with Crippen LogP contribution in [-0.2, 0) is 24.1 Å². The molecule has 0 amide bonds. The molecule has 0 atom stereocenters. The van der Waals surface area contributed by atoms with Gasteiger partial charge in [-0.2, -0.15) is 4.31 Å². The number of aryl methyl sites for hydroxylation is 1. The van der Waals surface area contributed by atoms with Crippen LogP contribution in [0.1, 0.15) is 25.7 Å². The summed E-state index contributed by atoms with van der Waals surface area (Å²) >= 11 is 0. The van der Waals surface area contributed by atoms with E-state index in [1.807, 2.05) is 0 Å². The maximum Gasteiger partial charge on any atom is 0.330 e. The van der Waals surface area contributed by atoms with Crippen molar-refractivity contribution in [1.82, 2.24) is 18.3 Å². The first kappa shape index (κ1) is 17.4. The van der Waals surface area contributed by atoms with Crippen molar-refractivity contribution in [2.75, 3.05) is 26.2 Å². The quantitative estimate of drug-likeness (QED) is 0.717. The van der Waals surface area contributed by atoms with Gasteiger partial charge in [0, 0.05) is 39.4 Å². The van der Waals surface area contributed by atoms with Gasteiger partial charge in [0.15, 0.2) is 4.90 Å². The van der Waals surface area contributed by atoms with Crippen molar-refractivity contribution in [2.45, 2.75) is 36.6 Å². The fourth-order valence-corrected chi connectivity index (χ4v) is 5.26. The van der Waals surface area contributed by atoms with Gasteiger partial charge in [-0.15, -0.1) is 0 Å². The van der Waals surface area contributed by atoms with E-state index >= 15 is 0 Å². The standard InChI is InChI=1S/C15H24N4O4S/c1-16-11-13(14(20)17(2)15(16)21)24(22,23)19-9-5-12(6-10-19)18-7-3-4-8-18/h11-12H,3-10H2,1-2H3. The van der Waals surface area contributed by atoms with E-state index in [-0.39, 0.29) is 4.90 Å². The Balaban J connectivity index is 1.82. The molecule has 2 aliphatic heterocycles. The van der Waals surface area contributed by atoms with Gasteiger partial charge in [0.25, 0.3) is 5.56 Å². The Labute approximate surface area is 141 Å². The smallest absolute Gasteiger partial charge is 0.302 e. The van der Waals surface area contributed by atoms with Crippen molar-refractivity contribution in [3.8, 4) is 0 Å². The van der Waals surface area contributed by atoms with E-state index in [0.29, 0.717) is 19.1 Å². The van der Waals surface area contributed by atoms with Crippen LogP contribution < -0.4 is 11.2 Å². The summed E-state index contributed by atoms with van der Waals surface area (Å²) in [4.78, 5) is 26.1. The molecule has 24 heavy (non-hydrogen) atoms. The van der Waals surface area contributed by atoms with Gasteiger partial charge in [-0.05, 0) is 38.8 Å². The maximum absolute atomic E-state index is 12.8. The molecule has 0 unspecified atom stereocenters. The first-order valence-electron chi connectivity index (χ1n) is 8.33. The molecule has 9 heteroatoms. The number of likely N-dealkylation sites (tertiary alicyclic amines) is 1. The van der Waals surface area contributed by atoms with Crippen molar-refractivity contribution in [2.24, 2.45) is 14.1 Å². The third-order valence-electron chi connectivity index (χ3n) is 5.11. The zero-order valence-electron chi connectivity index (χ0n) is 14.1. The summed E-state index contributed by atoms with van der Waals surface area (Å²) in [5.41, 5.74) is -1.30. The van der Waals surface area contributed by atoms with E-state index in [9.17, 15) is 18.0 Å². The molecule has 0 spiro atoms. The number of sulfonamides is 1. The van der Waals surface area contributed by atoms with Crippen molar-refractivity contribution >= 4 is 10.0 Å². The molecule has 1 aromatic heterocycles. The molecule has 0 aliphatic carbocycles. The molecule has 0 bridgehead atoms. The number of hydrogen-bond acceptors (Lipinski definition) is 5. The van der Waals surface area contributed by atoms with Gasteiger partial charge in [-0.25, -0.2) is 13.2 Å². The molecule has 1 aromatic rings. The molecule has 8 nitrogen and oxygen atoms in total. The van der Waals surface area contributed by atoms with Crippen LogP contribution in [0, 0.1) is 0 Å². The summed E-state index contributed by atoms with van der Waals surface area (Å²) < 4.78 is 29.0. The highest BCUT2D eigenvalue weighted by molar-refractivity contribution is 7.89. The van der Waals surface area contributed by atoms with Crippen molar-refractivity contribution in [3.05, 3.63) is 27.0 Å². The van der Waals surface area contributed by atoms with Crippen molar-refractivity contribution in [3.63, 3.8) is 0 Å². The Morgan fingerprint density at radius 3 is 2.17 bits per heavy atom. The topological polar surface area (TPSA) is 84.6 Å². The van der Waals surface area contributed by atoms with Crippen LogP contribution in [0.5, 0.6) is 0 Å². The Bertz CT molecular complexity index is 828. The summed E-state index contributed by atoms with van der Waals surface area (Å²) in [6, 6.07) is 0.432. The number of nitrogens with zero attached hydrogens (tertiary/aromatic N) is 4. The molecule has 0 N–H and O–H groups in total.